The number of rotatable bonds is 4. The van der Waals surface area contributed by atoms with Crippen molar-refractivity contribution in [3.05, 3.63) is 29.8 Å². The molecular formula is C9H13BN2O3. The molecule has 0 spiro atoms. The minimum absolute atomic E-state index is 0.344. The number of benzene rings is 1. The molecule has 1 aromatic rings. The van der Waals surface area contributed by atoms with Crippen LogP contribution in [0, 0.1) is 0 Å². The van der Waals surface area contributed by atoms with Crippen LogP contribution in [0.5, 0.6) is 0 Å². The van der Waals surface area contributed by atoms with Crippen molar-refractivity contribution < 1.29 is 14.8 Å². The Morgan fingerprint density at radius 3 is 2.27 bits per heavy atom. The summed E-state index contributed by atoms with van der Waals surface area (Å²) in [6, 6.07) is 5.77. The van der Waals surface area contributed by atoms with E-state index in [1.165, 1.54) is 0 Å². The first-order valence-electron chi connectivity index (χ1n) is 4.50. The molecule has 0 aliphatic rings. The molecule has 1 aromatic carbocycles. The van der Waals surface area contributed by atoms with Gasteiger partial charge in [-0.3, -0.25) is 4.79 Å². The lowest BCUT2D eigenvalue weighted by molar-refractivity contribution is -0.119. The van der Waals surface area contributed by atoms with Gasteiger partial charge < -0.3 is 21.5 Å². The molecule has 0 fully saturated rings. The molecule has 1 rings (SSSR count). The number of hydrogen-bond donors (Lipinski definition) is 4. The molecule has 6 N–H and O–H groups in total. The monoisotopic (exact) mass is 208 g/mol. The van der Waals surface area contributed by atoms with E-state index < -0.39 is 19.1 Å². The van der Waals surface area contributed by atoms with Crippen LogP contribution in [-0.4, -0.2) is 29.1 Å². The molecule has 0 bridgehead atoms. The summed E-state index contributed by atoms with van der Waals surface area (Å²) in [5.41, 5.74) is 11.7. The second-order valence-corrected chi connectivity index (χ2v) is 3.33. The Hall–Kier alpha value is -1.37. The van der Waals surface area contributed by atoms with Gasteiger partial charge >= 0.3 is 7.12 Å². The highest BCUT2D eigenvalue weighted by molar-refractivity contribution is 6.58. The summed E-state index contributed by atoms with van der Waals surface area (Å²) in [6.45, 7) is 0. The van der Waals surface area contributed by atoms with Crippen LogP contribution in [0.25, 0.3) is 0 Å². The Bertz CT molecular complexity index is 340. The van der Waals surface area contributed by atoms with E-state index in [9.17, 15) is 4.79 Å². The van der Waals surface area contributed by atoms with Crippen molar-refractivity contribution in [2.75, 3.05) is 0 Å². The third kappa shape index (κ3) is 3.36. The molecule has 0 aliphatic carbocycles. The highest BCUT2D eigenvalue weighted by atomic mass is 16.4. The van der Waals surface area contributed by atoms with Gasteiger partial charge in [0.1, 0.15) is 0 Å². The molecule has 80 valence electrons. The zero-order valence-electron chi connectivity index (χ0n) is 8.13. The van der Waals surface area contributed by atoms with Crippen LogP contribution in [-0.2, 0) is 11.2 Å². The molecule has 0 saturated carbocycles. The van der Waals surface area contributed by atoms with Gasteiger partial charge in [0.15, 0.2) is 0 Å². The lowest BCUT2D eigenvalue weighted by Gasteiger charge is -2.07. The third-order valence-corrected chi connectivity index (χ3v) is 2.10. The number of primary amides is 1. The van der Waals surface area contributed by atoms with E-state index in [0.717, 1.165) is 5.56 Å². The van der Waals surface area contributed by atoms with E-state index in [4.69, 9.17) is 21.5 Å². The predicted octanol–water partition coefficient (Wildman–Crippen LogP) is -2.28. The van der Waals surface area contributed by atoms with Gasteiger partial charge in [0.2, 0.25) is 5.91 Å². The first-order valence-corrected chi connectivity index (χ1v) is 4.50. The zero-order valence-corrected chi connectivity index (χ0v) is 8.13. The second-order valence-electron chi connectivity index (χ2n) is 3.33. The van der Waals surface area contributed by atoms with Crippen molar-refractivity contribution >= 4 is 18.5 Å². The predicted molar refractivity (Wildman–Crippen MR) is 57.1 cm³/mol. The van der Waals surface area contributed by atoms with Gasteiger partial charge in [-0.25, -0.2) is 0 Å². The van der Waals surface area contributed by atoms with Gasteiger partial charge in [-0.05, 0) is 17.4 Å². The van der Waals surface area contributed by atoms with Crippen molar-refractivity contribution in [3.63, 3.8) is 0 Å². The Morgan fingerprint density at radius 2 is 1.87 bits per heavy atom. The summed E-state index contributed by atoms with van der Waals surface area (Å²) >= 11 is 0. The molecule has 15 heavy (non-hydrogen) atoms. The smallest absolute Gasteiger partial charge is 0.423 e. The van der Waals surface area contributed by atoms with Crippen molar-refractivity contribution in [3.8, 4) is 0 Å². The van der Waals surface area contributed by atoms with Gasteiger partial charge in [0, 0.05) is 0 Å². The molecule has 1 amide bonds. The van der Waals surface area contributed by atoms with Gasteiger partial charge in [-0.15, -0.1) is 0 Å². The molecule has 0 saturated heterocycles. The minimum atomic E-state index is -1.48. The number of carbonyl (C=O) groups is 1. The van der Waals surface area contributed by atoms with Crippen LogP contribution >= 0.6 is 0 Å². The molecule has 1 atom stereocenters. The van der Waals surface area contributed by atoms with E-state index in [1.54, 1.807) is 24.3 Å². The molecule has 0 heterocycles. The van der Waals surface area contributed by atoms with E-state index in [-0.39, 0.29) is 0 Å². The molecule has 0 radical (unpaired) electrons. The summed E-state index contributed by atoms with van der Waals surface area (Å²) in [4.78, 5) is 10.7. The van der Waals surface area contributed by atoms with Crippen LogP contribution in [0.15, 0.2) is 24.3 Å². The van der Waals surface area contributed by atoms with Gasteiger partial charge in [0.25, 0.3) is 0 Å². The summed E-state index contributed by atoms with van der Waals surface area (Å²) in [5.74, 6) is -0.554. The lowest BCUT2D eigenvalue weighted by atomic mass is 9.80. The van der Waals surface area contributed by atoms with E-state index in [2.05, 4.69) is 0 Å². The van der Waals surface area contributed by atoms with Gasteiger partial charge in [-0.2, -0.15) is 0 Å². The van der Waals surface area contributed by atoms with Crippen LogP contribution < -0.4 is 16.9 Å². The largest absolute Gasteiger partial charge is 0.488 e. The third-order valence-electron chi connectivity index (χ3n) is 2.10. The Balaban J connectivity index is 2.68. The van der Waals surface area contributed by atoms with E-state index >= 15 is 0 Å². The normalized spacial score (nSPS) is 12.2. The number of nitrogens with two attached hydrogens (primary N) is 2. The Kier molecular flexibility index (Phi) is 3.84. The highest BCUT2D eigenvalue weighted by Crippen LogP contribution is 2.00. The summed E-state index contributed by atoms with van der Waals surface area (Å²) < 4.78 is 0. The van der Waals surface area contributed by atoms with Crippen LogP contribution in [0.1, 0.15) is 5.56 Å². The Labute approximate surface area is 87.8 Å². The maximum Gasteiger partial charge on any atom is 0.488 e. The Morgan fingerprint density at radius 1 is 1.33 bits per heavy atom. The SMILES string of the molecule is NC(=O)[C@@H](N)Cc1ccc(B(O)O)cc1. The van der Waals surface area contributed by atoms with Crippen molar-refractivity contribution in [2.45, 2.75) is 12.5 Å². The fraction of sp³-hybridized carbons (Fsp3) is 0.222. The van der Waals surface area contributed by atoms with Crippen molar-refractivity contribution in [2.24, 2.45) is 11.5 Å². The van der Waals surface area contributed by atoms with Gasteiger partial charge in [-0.1, -0.05) is 24.3 Å². The van der Waals surface area contributed by atoms with E-state index in [0.29, 0.717) is 11.9 Å². The molecular weight excluding hydrogens is 195 g/mol. The number of hydrogen-bond acceptors (Lipinski definition) is 4. The summed E-state index contributed by atoms with van der Waals surface area (Å²) in [5, 5.41) is 17.7. The topological polar surface area (TPSA) is 110 Å². The fourth-order valence-corrected chi connectivity index (χ4v) is 1.18. The van der Waals surface area contributed by atoms with Crippen LogP contribution in [0.2, 0.25) is 0 Å². The molecule has 5 nitrogen and oxygen atoms in total. The van der Waals surface area contributed by atoms with Crippen LogP contribution in [0.3, 0.4) is 0 Å². The van der Waals surface area contributed by atoms with Crippen molar-refractivity contribution in [1.82, 2.24) is 0 Å². The van der Waals surface area contributed by atoms with E-state index in [1.807, 2.05) is 0 Å². The molecule has 6 heteroatoms. The minimum Gasteiger partial charge on any atom is -0.423 e. The van der Waals surface area contributed by atoms with Crippen molar-refractivity contribution in [1.29, 1.82) is 0 Å². The maximum atomic E-state index is 10.7. The fourth-order valence-electron chi connectivity index (χ4n) is 1.18. The molecule has 0 unspecified atom stereocenters. The molecule has 0 aromatic heterocycles. The number of amides is 1. The quantitative estimate of drug-likeness (QED) is 0.418. The van der Waals surface area contributed by atoms with Gasteiger partial charge in [0.05, 0.1) is 6.04 Å². The standard InChI is InChI=1S/C9H13BN2O3/c11-8(9(12)13)5-6-1-3-7(4-2-6)10(14)15/h1-4,8,14-15H,5,11H2,(H2,12,13)/t8-/m0/s1. The summed E-state index contributed by atoms with van der Waals surface area (Å²) in [7, 11) is -1.48. The highest BCUT2D eigenvalue weighted by Gasteiger charge is 2.12. The lowest BCUT2D eigenvalue weighted by Crippen LogP contribution is -2.38. The van der Waals surface area contributed by atoms with Crippen LogP contribution in [0.4, 0.5) is 0 Å². The molecule has 0 aliphatic heterocycles. The first-order chi connectivity index (χ1) is 7.00. The summed E-state index contributed by atoms with van der Waals surface area (Å²) in [6.07, 6.45) is 0.344. The average Bonchev–Trinajstić information content (AvgIpc) is 2.18. The number of carbonyl (C=O) groups excluding carboxylic acids is 1. The first kappa shape index (κ1) is 11.7. The zero-order chi connectivity index (χ0) is 11.4. The second kappa shape index (κ2) is 4.93. The maximum absolute atomic E-state index is 10.7. The average molecular weight is 208 g/mol.